The maximum atomic E-state index is 10.5. The Morgan fingerprint density at radius 1 is 1.50 bits per heavy atom. The lowest BCUT2D eigenvalue weighted by Crippen LogP contribution is -1.88. The van der Waals surface area contributed by atoms with Crippen molar-refractivity contribution >= 4 is 10.8 Å². The van der Waals surface area contributed by atoms with Crippen LogP contribution in [0.3, 0.4) is 0 Å². The summed E-state index contributed by atoms with van der Waals surface area (Å²) in [5.74, 6) is 0.660. The van der Waals surface area contributed by atoms with Gasteiger partial charge in [0.05, 0.1) is 0 Å². The summed E-state index contributed by atoms with van der Waals surface area (Å²) in [5.41, 5.74) is 0. The van der Waals surface area contributed by atoms with E-state index in [0.29, 0.717) is 5.75 Å². The maximum absolute atomic E-state index is 10.5. The third-order valence-electron chi connectivity index (χ3n) is 0.709. The van der Waals surface area contributed by atoms with Gasteiger partial charge in [-0.05, 0) is 11.8 Å². The van der Waals surface area contributed by atoms with Crippen LogP contribution in [0.2, 0.25) is 0 Å². The molecule has 8 heavy (non-hydrogen) atoms. The van der Waals surface area contributed by atoms with E-state index in [1.807, 2.05) is 0 Å². The molecule has 0 N–H and O–H groups in total. The molecule has 0 heterocycles. The van der Waals surface area contributed by atoms with E-state index in [-0.39, 0.29) is 0 Å². The second kappa shape index (κ2) is 4.78. The summed E-state index contributed by atoms with van der Waals surface area (Å²) >= 11 is 0. The molecular weight excluding hydrogens is 120 g/mol. The summed E-state index contributed by atoms with van der Waals surface area (Å²) in [6.07, 6.45) is 2.56. The van der Waals surface area contributed by atoms with Gasteiger partial charge in [0.25, 0.3) is 0 Å². The molecule has 1 unspecified atom stereocenters. The monoisotopic (exact) mass is 130 g/mol. The number of hydrogen-bond acceptors (Lipinski definition) is 1. The first-order valence-electron chi connectivity index (χ1n) is 2.42. The molecule has 0 bridgehead atoms. The SMILES string of the molecule is C=CCCS(=O)C=C. The molecule has 0 amide bonds. The molecule has 2 heteroatoms. The van der Waals surface area contributed by atoms with Gasteiger partial charge in [-0.2, -0.15) is 0 Å². The molecule has 1 atom stereocenters. The average Bonchev–Trinajstić information content (AvgIpc) is 1.83. The van der Waals surface area contributed by atoms with E-state index < -0.39 is 10.8 Å². The van der Waals surface area contributed by atoms with Crippen molar-refractivity contribution < 1.29 is 4.21 Å². The maximum Gasteiger partial charge on any atom is 0.0453 e. The van der Waals surface area contributed by atoms with Gasteiger partial charge in [0.15, 0.2) is 0 Å². The Balaban J connectivity index is 3.24. The molecule has 0 aliphatic heterocycles. The zero-order valence-electron chi connectivity index (χ0n) is 4.80. The van der Waals surface area contributed by atoms with Crippen LogP contribution in [0.1, 0.15) is 6.42 Å². The Bertz CT molecular complexity index is 107. The fraction of sp³-hybridized carbons (Fsp3) is 0.333. The van der Waals surface area contributed by atoms with Crippen molar-refractivity contribution in [2.75, 3.05) is 5.75 Å². The molecule has 0 rings (SSSR count). The fourth-order valence-electron chi connectivity index (χ4n) is 0.283. The first-order valence-corrected chi connectivity index (χ1v) is 3.80. The quantitative estimate of drug-likeness (QED) is 0.526. The molecule has 0 spiro atoms. The normalized spacial score (nSPS) is 12.5. The highest BCUT2D eigenvalue weighted by atomic mass is 32.2. The van der Waals surface area contributed by atoms with Gasteiger partial charge in [0, 0.05) is 16.6 Å². The van der Waals surface area contributed by atoms with Crippen LogP contribution in [-0.2, 0) is 10.8 Å². The van der Waals surface area contributed by atoms with Crippen LogP contribution >= 0.6 is 0 Å². The number of allylic oxidation sites excluding steroid dienone is 1. The molecule has 0 aromatic rings. The molecule has 0 saturated carbocycles. The van der Waals surface area contributed by atoms with Crippen LogP contribution in [0, 0.1) is 0 Å². The van der Waals surface area contributed by atoms with Crippen molar-refractivity contribution in [3.63, 3.8) is 0 Å². The molecular formula is C6H10OS. The van der Waals surface area contributed by atoms with E-state index >= 15 is 0 Å². The van der Waals surface area contributed by atoms with Gasteiger partial charge in [0.2, 0.25) is 0 Å². The van der Waals surface area contributed by atoms with Gasteiger partial charge in [-0.3, -0.25) is 4.21 Å². The Labute approximate surface area is 52.6 Å². The summed E-state index contributed by atoms with van der Waals surface area (Å²) in [4.78, 5) is 0. The standard InChI is InChI=1S/C6H10OS/c1-3-5-6-8(7)4-2/h3-4H,1-2,5-6H2. The smallest absolute Gasteiger partial charge is 0.0453 e. The van der Waals surface area contributed by atoms with E-state index in [2.05, 4.69) is 13.2 Å². The molecule has 1 nitrogen and oxygen atoms in total. The molecule has 0 fully saturated rings. The minimum Gasteiger partial charge on any atom is -0.255 e. The minimum atomic E-state index is -0.834. The van der Waals surface area contributed by atoms with Gasteiger partial charge in [-0.15, -0.1) is 6.58 Å². The van der Waals surface area contributed by atoms with Gasteiger partial charge in [-0.1, -0.05) is 12.7 Å². The highest BCUT2D eigenvalue weighted by Gasteiger charge is 1.86. The van der Waals surface area contributed by atoms with E-state index in [9.17, 15) is 4.21 Å². The molecule has 0 aromatic heterocycles. The van der Waals surface area contributed by atoms with Crippen molar-refractivity contribution in [1.29, 1.82) is 0 Å². The third kappa shape index (κ3) is 3.81. The van der Waals surface area contributed by atoms with E-state index in [0.717, 1.165) is 6.42 Å². The van der Waals surface area contributed by atoms with Gasteiger partial charge < -0.3 is 0 Å². The number of rotatable bonds is 4. The first kappa shape index (κ1) is 7.63. The van der Waals surface area contributed by atoms with E-state index in [1.165, 1.54) is 5.41 Å². The topological polar surface area (TPSA) is 17.1 Å². The van der Waals surface area contributed by atoms with E-state index in [4.69, 9.17) is 0 Å². The van der Waals surface area contributed by atoms with Crippen molar-refractivity contribution in [1.82, 2.24) is 0 Å². The largest absolute Gasteiger partial charge is 0.255 e. The fourth-order valence-corrected chi connectivity index (χ4v) is 0.848. The first-order chi connectivity index (χ1) is 3.81. The van der Waals surface area contributed by atoms with Crippen LogP contribution in [-0.4, -0.2) is 9.96 Å². The third-order valence-corrected chi connectivity index (χ3v) is 1.72. The summed E-state index contributed by atoms with van der Waals surface area (Å²) in [6.45, 7) is 6.88. The van der Waals surface area contributed by atoms with Crippen LogP contribution in [0.5, 0.6) is 0 Å². The van der Waals surface area contributed by atoms with Gasteiger partial charge in [-0.25, -0.2) is 0 Å². The molecule has 0 aliphatic rings. The van der Waals surface area contributed by atoms with Gasteiger partial charge >= 0.3 is 0 Å². The Kier molecular flexibility index (Phi) is 4.56. The highest BCUT2D eigenvalue weighted by molar-refractivity contribution is 7.87. The molecule has 46 valence electrons. The predicted octanol–water partition coefficient (Wildman–Crippen LogP) is 1.45. The second-order valence-electron chi connectivity index (χ2n) is 1.33. The predicted molar refractivity (Wildman–Crippen MR) is 38.0 cm³/mol. The van der Waals surface area contributed by atoms with Crippen molar-refractivity contribution in [3.8, 4) is 0 Å². The summed E-state index contributed by atoms with van der Waals surface area (Å²) in [6, 6.07) is 0. The molecule has 0 saturated heterocycles. The molecule has 0 radical (unpaired) electrons. The summed E-state index contributed by atoms with van der Waals surface area (Å²) < 4.78 is 10.5. The summed E-state index contributed by atoms with van der Waals surface area (Å²) in [7, 11) is -0.834. The molecule has 0 aromatic carbocycles. The lowest BCUT2D eigenvalue weighted by molar-refractivity contribution is 0.688. The minimum absolute atomic E-state index is 0.660. The second-order valence-corrected chi connectivity index (χ2v) is 2.83. The van der Waals surface area contributed by atoms with Crippen LogP contribution in [0.15, 0.2) is 24.6 Å². The Morgan fingerprint density at radius 3 is 2.50 bits per heavy atom. The molecule has 0 aliphatic carbocycles. The zero-order valence-corrected chi connectivity index (χ0v) is 5.62. The Hall–Kier alpha value is -0.370. The van der Waals surface area contributed by atoms with Crippen LogP contribution < -0.4 is 0 Å². The van der Waals surface area contributed by atoms with Gasteiger partial charge in [0.1, 0.15) is 0 Å². The summed E-state index contributed by atoms with van der Waals surface area (Å²) in [5, 5.41) is 1.45. The van der Waals surface area contributed by atoms with Crippen molar-refractivity contribution in [2.45, 2.75) is 6.42 Å². The zero-order chi connectivity index (χ0) is 6.41. The average molecular weight is 130 g/mol. The van der Waals surface area contributed by atoms with Crippen molar-refractivity contribution in [3.05, 3.63) is 24.6 Å². The number of hydrogen-bond donors (Lipinski definition) is 0. The van der Waals surface area contributed by atoms with Crippen LogP contribution in [0.4, 0.5) is 0 Å². The van der Waals surface area contributed by atoms with Crippen molar-refractivity contribution in [2.24, 2.45) is 0 Å². The van der Waals surface area contributed by atoms with Crippen LogP contribution in [0.25, 0.3) is 0 Å². The van der Waals surface area contributed by atoms with E-state index in [1.54, 1.807) is 6.08 Å². The highest BCUT2D eigenvalue weighted by Crippen LogP contribution is 1.87. The lowest BCUT2D eigenvalue weighted by Gasteiger charge is -1.86. The Morgan fingerprint density at radius 2 is 2.12 bits per heavy atom. The lowest BCUT2D eigenvalue weighted by atomic mass is 10.5.